The Bertz CT molecular complexity index is 310. The second kappa shape index (κ2) is 5.22. The first-order valence-electron chi connectivity index (χ1n) is 4.50. The van der Waals surface area contributed by atoms with Crippen molar-refractivity contribution in [2.75, 3.05) is 18.0 Å². The van der Waals surface area contributed by atoms with E-state index in [2.05, 4.69) is 13.2 Å². The van der Waals surface area contributed by atoms with E-state index in [1.807, 2.05) is 11.0 Å². The Morgan fingerprint density at radius 1 is 1.21 bits per heavy atom. The van der Waals surface area contributed by atoms with Gasteiger partial charge in [-0.3, -0.25) is 0 Å². The van der Waals surface area contributed by atoms with Crippen LogP contribution in [0.1, 0.15) is 0 Å². The highest BCUT2D eigenvalue weighted by molar-refractivity contribution is 5.47. The summed E-state index contributed by atoms with van der Waals surface area (Å²) in [6.45, 7) is 8.70. The zero-order valence-corrected chi connectivity index (χ0v) is 8.12. The highest BCUT2D eigenvalue weighted by Gasteiger charge is 2.02. The van der Waals surface area contributed by atoms with Crippen LogP contribution in [0.4, 0.5) is 10.1 Å². The van der Waals surface area contributed by atoms with E-state index in [0.29, 0.717) is 13.1 Å². The summed E-state index contributed by atoms with van der Waals surface area (Å²) < 4.78 is 12.9. The molecular formula is C12H14FN. The molecule has 0 bridgehead atoms. The lowest BCUT2D eigenvalue weighted by molar-refractivity contribution is 0.627. The standard InChI is InChI=1S/C12H14FN/c1-3-8-14(9-4-2)12-7-5-6-11(13)10-12/h3-7,10H,1-2,8-9H2. The number of halogens is 1. The van der Waals surface area contributed by atoms with Crippen molar-refractivity contribution in [1.82, 2.24) is 0 Å². The fourth-order valence-electron chi connectivity index (χ4n) is 1.27. The van der Waals surface area contributed by atoms with Gasteiger partial charge in [0.1, 0.15) is 5.82 Å². The van der Waals surface area contributed by atoms with E-state index in [1.165, 1.54) is 12.1 Å². The van der Waals surface area contributed by atoms with Crippen LogP contribution in [0.3, 0.4) is 0 Å². The van der Waals surface area contributed by atoms with Gasteiger partial charge in [-0.25, -0.2) is 4.39 Å². The van der Waals surface area contributed by atoms with Gasteiger partial charge in [0.2, 0.25) is 0 Å². The lowest BCUT2D eigenvalue weighted by atomic mass is 10.2. The predicted octanol–water partition coefficient (Wildman–Crippen LogP) is 3.00. The maximum atomic E-state index is 12.9. The summed E-state index contributed by atoms with van der Waals surface area (Å²) in [5.41, 5.74) is 0.852. The zero-order chi connectivity index (χ0) is 10.4. The Kier molecular flexibility index (Phi) is 3.92. The number of hydrogen-bond donors (Lipinski definition) is 0. The van der Waals surface area contributed by atoms with Crippen molar-refractivity contribution >= 4 is 5.69 Å². The summed E-state index contributed by atoms with van der Waals surface area (Å²) in [4.78, 5) is 1.99. The lowest BCUT2D eigenvalue weighted by Gasteiger charge is -2.21. The van der Waals surface area contributed by atoms with Crippen molar-refractivity contribution in [2.45, 2.75) is 0 Å². The third kappa shape index (κ3) is 2.73. The largest absolute Gasteiger partial charge is 0.364 e. The fourth-order valence-corrected chi connectivity index (χ4v) is 1.27. The topological polar surface area (TPSA) is 3.24 Å². The average molecular weight is 191 g/mol. The van der Waals surface area contributed by atoms with E-state index < -0.39 is 0 Å². The van der Waals surface area contributed by atoms with Crippen LogP contribution in [0.2, 0.25) is 0 Å². The number of rotatable bonds is 5. The molecule has 0 N–H and O–H groups in total. The van der Waals surface area contributed by atoms with Crippen molar-refractivity contribution in [3.8, 4) is 0 Å². The molecule has 1 aromatic carbocycles. The first kappa shape index (κ1) is 10.5. The van der Waals surface area contributed by atoms with E-state index in [0.717, 1.165) is 5.69 Å². The molecule has 0 fully saturated rings. The molecule has 1 aromatic rings. The van der Waals surface area contributed by atoms with Gasteiger partial charge in [0, 0.05) is 18.8 Å². The molecule has 14 heavy (non-hydrogen) atoms. The van der Waals surface area contributed by atoms with Gasteiger partial charge in [-0.15, -0.1) is 13.2 Å². The predicted molar refractivity (Wildman–Crippen MR) is 59.0 cm³/mol. The molecule has 1 rings (SSSR count). The second-order valence-electron chi connectivity index (χ2n) is 2.96. The van der Waals surface area contributed by atoms with E-state index in [4.69, 9.17) is 0 Å². The molecule has 0 saturated heterocycles. The molecule has 0 heterocycles. The Labute approximate surface area is 84.2 Å². The second-order valence-corrected chi connectivity index (χ2v) is 2.96. The van der Waals surface area contributed by atoms with Crippen LogP contribution < -0.4 is 4.90 Å². The molecule has 0 radical (unpaired) electrons. The molecule has 0 spiro atoms. The van der Waals surface area contributed by atoms with Crippen molar-refractivity contribution in [1.29, 1.82) is 0 Å². The van der Waals surface area contributed by atoms with Crippen LogP contribution in [-0.4, -0.2) is 13.1 Å². The van der Waals surface area contributed by atoms with Gasteiger partial charge in [-0.2, -0.15) is 0 Å². The molecule has 1 nitrogen and oxygen atoms in total. The average Bonchev–Trinajstić information content (AvgIpc) is 2.17. The summed E-state index contributed by atoms with van der Waals surface area (Å²) in [7, 11) is 0. The first-order valence-corrected chi connectivity index (χ1v) is 4.50. The molecule has 0 unspecified atom stereocenters. The van der Waals surface area contributed by atoms with Gasteiger partial charge in [0.15, 0.2) is 0 Å². The van der Waals surface area contributed by atoms with Crippen LogP contribution in [0.15, 0.2) is 49.6 Å². The van der Waals surface area contributed by atoms with Crippen molar-refractivity contribution in [2.24, 2.45) is 0 Å². The molecule has 0 aliphatic carbocycles. The number of benzene rings is 1. The van der Waals surface area contributed by atoms with Crippen molar-refractivity contribution in [3.05, 3.63) is 55.4 Å². The smallest absolute Gasteiger partial charge is 0.125 e. The highest BCUT2D eigenvalue weighted by Crippen LogP contribution is 2.15. The van der Waals surface area contributed by atoms with Crippen LogP contribution in [0, 0.1) is 5.82 Å². The molecule has 0 aliphatic heterocycles. The minimum absolute atomic E-state index is 0.222. The molecule has 0 amide bonds. The number of hydrogen-bond acceptors (Lipinski definition) is 1. The third-order valence-electron chi connectivity index (χ3n) is 1.87. The summed E-state index contributed by atoms with van der Waals surface area (Å²) in [6.07, 6.45) is 3.57. The molecule has 0 atom stereocenters. The van der Waals surface area contributed by atoms with Crippen molar-refractivity contribution < 1.29 is 4.39 Å². The van der Waals surface area contributed by atoms with E-state index in [1.54, 1.807) is 18.2 Å². The molecule has 0 aromatic heterocycles. The molecule has 0 saturated carbocycles. The van der Waals surface area contributed by atoms with Gasteiger partial charge in [-0.1, -0.05) is 18.2 Å². The fraction of sp³-hybridized carbons (Fsp3) is 0.167. The first-order chi connectivity index (χ1) is 6.77. The van der Waals surface area contributed by atoms with Crippen LogP contribution in [0.25, 0.3) is 0 Å². The highest BCUT2D eigenvalue weighted by atomic mass is 19.1. The van der Waals surface area contributed by atoms with Crippen LogP contribution in [-0.2, 0) is 0 Å². The third-order valence-corrected chi connectivity index (χ3v) is 1.87. The maximum Gasteiger partial charge on any atom is 0.125 e. The Balaban J connectivity index is 2.85. The lowest BCUT2D eigenvalue weighted by Crippen LogP contribution is -2.22. The van der Waals surface area contributed by atoms with E-state index >= 15 is 0 Å². The van der Waals surface area contributed by atoms with Crippen LogP contribution >= 0.6 is 0 Å². The quantitative estimate of drug-likeness (QED) is 0.647. The van der Waals surface area contributed by atoms with Gasteiger partial charge < -0.3 is 4.90 Å². The Morgan fingerprint density at radius 3 is 2.36 bits per heavy atom. The SMILES string of the molecule is C=CCN(CC=C)c1cccc(F)c1. The summed E-state index contributed by atoms with van der Waals surface area (Å²) >= 11 is 0. The molecular weight excluding hydrogens is 177 g/mol. The molecule has 2 heteroatoms. The summed E-state index contributed by atoms with van der Waals surface area (Å²) in [5, 5.41) is 0. The maximum absolute atomic E-state index is 12.9. The number of anilines is 1. The van der Waals surface area contributed by atoms with Gasteiger partial charge in [0.25, 0.3) is 0 Å². The van der Waals surface area contributed by atoms with Gasteiger partial charge >= 0.3 is 0 Å². The summed E-state index contributed by atoms with van der Waals surface area (Å²) in [6, 6.07) is 6.51. The minimum Gasteiger partial charge on any atom is -0.364 e. The zero-order valence-electron chi connectivity index (χ0n) is 8.12. The summed E-state index contributed by atoms with van der Waals surface area (Å²) in [5.74, 6) is -0.222. The van der Waals surface area contributed by atoms with Crippen molar-refractivity contribution in [3.63, 3.8) is 0 Å². The molecule has 0 aliphatic rings. The van der Waals surface area contributed by atoms with E-state index in [9.17, 15) is 4.39 Å². The van der Waals surface area contributed by atoms with E-state index in [-0.39, 0.29) is 5.82 Å². The Morgan fingerprint density at radius 2 is 1.86 bits per heavy atom. The Hall–Kier alpha value is -1.57. The minimum atomic E-state index is -0.222. The number of nitrogens with zero attached hydrogens (tertiary/aromatic N) is 1. The normalized spacial score (nSPS) is 9.50. The van der Waals surface area contributed by atoms with Gasteiger partial charge in [0.05, 0.1) is 0 Å². The monoisotopic (exact) mass is 191 g/mol. The van der Waals surface area contributed by atoms with Gasteiger partial charge in [-0.05, 0) is 18.2 Å². The molecule has 74 valence electrons. The van der Waals surface area contributed by atoms with Crippen LogP contribution in [0.5, 0.6) is 0 Å².